The van der Waals surface area contributed by atoms with E-state index < -0.39 is 17.7 Å². The Labute approximate surface area is 105 Å². The molecule has 0 amide bonds. The van der Waals surface area contributed by atoms with Gasteiger partial charge in [-0.05, 0) is 43.3 Å². The number of aromatic nitrogens is 1. The van der Waals surface area contributed by atoms with Crippen LogP contribution in [0.15, 0.2) is 36.7 Å². The van der Waals surface area contributed by atoms with Gasteiger partial charge in [-0.15, -0.1) is 0 Å². The van der Waals surface area contributed by atoms with Gasteiger partial charge >= 0.3 is 0 Å². The van der Waals surface area contributed by atoms with Crippen LogP contribution < -0.4 is 5.32 Å². The highest BCUT2D eigenvalue weighted by molar-refractivity contribution is 5.33. The quantitative estimate of drug-likeness (QED) is 0.903. The highest BCUT2D eigenvalue weighted by Crippen LogP contribution is 2.24. The van der Waals surface area contributed by atoms with Gasteiger partial charge in [-0.3, -0.25) is 4.98 Å². The van der Waals surface area contributed by atoms with E-state index in [0.29, 0.717) is 0 Å². The van der Waals surface area contributed by atoms with Crippen LogP contribution in [0.5, 0.6) is 0 Å². The fourth-order valence-corrected chi connectivity index (χ4v) is 1.97. The third kappa shape index (κ3) is 2.54. The van der Waals surface area contributed by atoms with Crippen LogP contribution in [-0.2, 0) is 0 Å². The predicted octanol–water partition coefficient (Wildman–Crippen LogP) is 2.98. The first-order valence-electron chi connectivity index (χ1n) is 5.65. The first-order chi connectivity index (χ1) is 8.61. The Hall–Kier alpha value is -1.81. The normalized spacial score (nSPS) is 12.4. The van der Waals surface area contributed by atoms with Gasteiger partial charge in [0.25, 0.3) is 0 Å². The molecule has 0 bridgehead atoms. The molecule has 0 radical (unpaired) electrons. The van der Waals surface area contributed by atoms with Crippen molar-refractivity contribution in [3.63, 3.8) is 0 Å². The molecule has 0 fully saturated rings. The maximum Gasteiger partial charge on any atom is 0.128 e. The number of benzene rings is 1. The second-order valence-corrected chi connectivity index (χ2v) is 4.18. The molecule has 2 aromatic rings. The molecule has 1 heterocycles. The molecule has 2 nitrogen and oxygen atoms in total. The van der Waals surface area contributed by atoms with E-state index in [4.69, 9.17) is 0 Å². The minimum absolute atomic E-state index is 0.282. The molecule has 1 N–H and O–H groups in total. The first kappa shape index (κ1) is 12.6. The van der Waals surface area contributed by atoms with E-state index in [2.05, 4.69) is 10.3 Å². The zero-order chi connectivity index (χ0) is 13.1. The van der Waals surface area contributed by atoms with Crippen LogP contribution in [0.25, 0.3) is 0 Å². The number of nitrogens with one attached hydrogen (secondary N) is 1. The molecular weight excluding hydrogens is 234 g/mol. The molecule has 0 aliphatic carbocycles. The van der Waals surface area contributed by atoms with Gasteiger partial charge in [-0.25, -0.2) is 8.78 Å². The van der Waals surface area contributed by atoms with Crippen molar-refractivity contribution >= 4 is 0 Å². The van der Waals surface area contributed by atoms with Crippen LogP contribution in [0.3, 0.4) is 0 Å². The summed E-state index contributed by atoms with van der Waals surface area (Å²) in [7, 11) is 1.71. The molecule has 0 aliphatic rings. The lowest BCUT2D eigenvalue weighted by Crippen LogP contribution is -2.19. The number of hydrogen-bond donors (Lipinski definition) is 1. The number of aryl methyl sites for hydroxylation is 1. The van der Waals surface area contributed by atoms with Crippen molar-refractivity contribution in [3.8, 4) is 0 Å². The van der Waals surface area contributed by atoms with Crippen LogP contribution >= 0.6 is 0 Å². The van der Waals surface area contributed by atoms with Crippen molar-refractivity contribution in [2.75, 3.05) is 7.05 Å². The number of nitrogens with zero attached hydrogens (tertiary/aromatic N) is 1. The van der Waals surface area contributed by atoms with Crippen molar-refractivity contribution in [1.82, 2.24) is 10.3 Å². The summed E-state index contributed by atoms with van der Waals surface area (Å²) in [5.41, 5.74) is 2.07. The van der Waals surface area contributed by atoms with Gasteiger partial charge in [0.2, 0.25) is 0 Å². The zero-order valence-electron chi connectivity index (χ0n) is 10.2. The van der Waals surface area contributed by atoms with Gasteiger partial charge in [0.1, 0.15) is 11.6 Å². The molecule has 1 aromatic heterocycles. The van der Waals surface area contributed by atoms with Crippen molar-refractivity contribution in [2.45, 2.75) is 13.0 Å². The SMILES string of the molecule is CNC(c1cncc(C)c1)c1cc(F)ccc1F. The molecule has 0 spiro atoms. The van der Waals surface area contributed by atoms with Crippen LogP contribution in [0, 0.1) is 18.6 Å². The summed E-state index contributed by atoms with van der Waals surface area (Å²) in [5, 5.41) is 2.98. The highest BCUT2D eigenvalue weighted by atomic mass is 19.1. The maximum absolute atomic E-state index is 13.8. The number of rotatable bonds is 3. The average Bonchev–Trinajstić information content (AvgIpc) is 2.35. The van der Waals surface area contributed by atoms with Crippen LogP contribution in [0.2, 0.25) is 0 Å². The molecule has 94 valence electrons. The zero-order valence-corrected chi connectivity index (χ0v) is 10.2. The van der Waals surface area contributed by atoms with E-state index in [1.165, 1.54) is 6.07 Å². The average molecular weight is 248 g/mol. The summed E-state index contributed by atoms with van der Waals surface area (Å²) in [6.07, 6.45) is 3.37. The van der Waals surface area contributed by atoms with Gasteiger partial charge in [-0.2, -0.15) is 0 Å². The van der Waals surface area contributed by atoms with Crippen molar-refractivity contribution in [1.29, 1.82) is 0 Å². The van der Waals surface area contributed by atoms with E-state index >= 15 is 0 Å². The van der Waals surface area contributed by atoms with Gasteiger partial charge in [0.15, 0.2) is 0 Å². The fraction of sp³-hybridized carbons (Fsp3) is 0.214. The first-order valence-corrected chi connectivity index (χ1v) is 5.65. The lowest BCUT2D eigenvalue weighted by molar-refractivity contribution is 0.557. The van der Waals surface area contributed by atoms with Gasteiger partial charge in [-0.1, -0.05) is 6.07 Å². The van der Waals surface area contributed by atoms with Gasteiger partial charge in [0.05, 0.1) is 6.04 Å². The lowest BCUT2D eigenvalue weighted by Gasteiger charge is -2.18. The summed E-state index contributed by atoms with van der Waals surface area (Å²) >= 11 is 0. The monoisotopic (exact) mass is 248 g/mol. The molecule has 18 heavy (non-hydrogen) atoms. The van der Waals surface area contributed by atoms with Crippen molar-refractivity contribution in [2.24, 2.45) is 0 Å². The van der Waals surface area contributed by atoms with Crippen LogP contribution in [-0.4, -0.2) is 12.0 Å². The molecule has 1 unspecified atom stereocenters. The number of hydrogen-bond acceptors (Lipinski definition) is 2. The summed E-state index contributed by atoms with van der Waals surface area (Å²) in [4.78, 5) is 4.07. The van der Waals surface area contributed by atoms with Crippen molar-refractivity contribution < 1.29 is 8.78 Å². The van der Waals surface area contributed by atoms with E-state index in [1.807, 2.05) is 13.0 Å². The molecule has 0 aliphatic heterocycles. The largest absolute Gasteiger partial charge is 0.309 e. The van der Waals surface area contributed by atoms with Crippen LogP contribution in [0.4, 0.5) is 8.78 Å². The van der Waals surface area contributed by atoms with E-state index in [9.17, 15) is 8.78 Å². The van der Waals surface area contributed by atoms with Crippen molar-refractivity contribution in [3.05, 3.63) is 65.0 Å². The minimum Gasteiger partial charge on any atom is -0.309 e. The van der Waals surface area contributed by atoms with Gasteiger partial charge in [0, 0.05) is 18.0 Å². The fourth-order valence-electron chi connectivity index (χ4n) is 1.97. The summed E-state index contributed by atoms with van der Waals surface area (Å²) in [6, 6.07) is 4.95. The summed E-state index contributed by atoms with van der Waals surface area (Å²) in [6.45, 7) is 1.91. The molecule has 2 rings (SSSR count). The standard InChI is InChI=1S/C14H14F2N2/c1-9-5-10(8-18-7-9)14(17-2)12-6-11(15)3-4-13(12)16/h3-8,14,17H,1-2H3. The summed E-state index contributed by atoms with van der Waals surface area (Å²) in [5.74, 6) is -0.885. The molecule has 0 saturated heterocycles. The van der Waals surface area contributed by atoms with Crippen LogP contribution in [0.1, 0.15) is 22.7 Å². The third-order valence-electron chi connectivity index (χ3n) is 2.79. The molecule has 0 saturated carbocycles. The minimum atomic E-state index is -0.452. The number of halogens is 2. The second-order valence-electron chi connectivity index (χ2n) is 4.18. The van der Waals surface area contributed by atoms with E-state index in [1.54, 1.807) is 19.4 Å². The molecule has 1 aromatic carbocycles. The molecule has 4 heteroatoms. The second kappa shape index (κ2) is 5.23. The Kier molecular flexibility index (Phi) is 3.67. The topological polar surface area (TPSA) is 24.9 Å². The maximum atomic E-state index is 13.8. The third-order valence-corrected chi connectivity index (χ3v) is 2.79. The van der Waals surface area contributed by atoms with E-state index in [0.717, 1.165) is 23.3 Å². The Morgan fingerprint density at radius 2 is 1.94 bits per heavy atom. The predicted molar refractivity (Wildman–Crippen MR) is 66.2 cm³/mol. The Morgan fingerprint density at radius 3 is 2.61 bits per heavy atom. The van der Waals surface area contributed by atoms with Gasteiger partial charge < -0.3 is 5.32 Å². The molecule has 1 atom stereocenters. The Morgan fingerprint density at radius 1 is 1.17 bits per heavy atom. The molecular formula is C14H14F2N2. The Bertz CT molecular complexity index is 555. The van der Waals surface area contributed by atoms with E-state index in [-0.39, 0.29) is 5.56 Å². The number of pyridine rings is 1. The highest BCUT2D eigenvalue weighted by Gasteiger charge is 2.17. The Balaban J connectivity index is 2.48. The summed E-state index contributed by atoms with van der Waals surface area (Å²) < 4.78 is 27.0. The smallest absolute Gasteiger partial charge is 0.128 e. The lowest BCUT2D eigenvalue weighted by atomic mass is 9.99.